The summed E-state index contributed by atoms with van der Waals surface area (Å²) in [5.74, 6) is 0.678. The Bertz CT molecular complexity index is 1540. The van der Waals surface area contributed by atoms with Crippen LogP contribution >= 0.6 is 11.6 Å². The Morgan fingerprint density at radius 1 is 1.31 bits per heavy atom. The van der Waals surface area contributed by atoms with Crippen molar-refractivity contribution in [3.8, 4) is 6.07 Å². The number of anilines is 1. The molecule has 0 radical (unpaired) electrons. The number of rotatable bonds is 5. The van der Waals surface area contributed by atoms with Crippen molar-refractivity contribution in [2.75, 3.05) is 18.0 Å². The van der Waals surface area contributed by atoms with Gasteiger partial charge in [-0.3, -0.25) is 14.3 Å². The summed E-state index contributed by atoms with van der Waals surface area (Å²) in [7, 11) is 0. The maximum atomic E-state index is 13.8. The number of halogens is 1. The van der Waals surface area contributed by atoms with Gasteiger partial charge in [-0.1, -0.05) is 41.9 Å². The molecule has 0 amide bonds. The topological polar surface area (TPSA) is 106 Å². The smallest absolute Gasteiger partial charge is 0.278 e. The Morgan fingerprint density at radius 3 is 2.91 bits per heavy atom. The number of nitrogens with zero attached hydrogens (tertiary/aromatic N) is 6. The van der Waals surface area contributed by atoms with Gasteiger partial charge in [0.1, 0.15) is 28.5 Å². The molecule has 1 fully saturated rings. The molecule has 0 unspecified atom stereocenters. The molecule has 35 heavy (non-hydrogen) atoms. The van der Waals surface area contributed by atoms with Crippen LogP contribution in [0.3, 0.4) is 0 Å². The van der Waals surface area contributed by atoms with Crippen molar-refractivity contribution >= 4 is 39.2 Å². The standard InChI is InChI=1S/C26H26ClN7O/c1-17(27)9-12-34-24-23(21(13-28)25(34)32-11-4-6-19(29)14-32)31-16-33(26(24)35)15-22-20-7-3-2-5-18(20)8-10-30-22/h2-3,5,7-10,16,19H,4,6,11-12,14-15,29H2,1H3/b17-9-/t19-/m0/s1. The minimum Gasteiger partial charge on any atom is -0.355 e. The van der Waals surface area contributed by atoms with E-state index in [0.717, 1.165) is 35.9 Å². The van der Waals surface area contributed by atoms with E-state index in [4.69, 9.17) is 17.3 Å². The number of piperidine rings is 1. The summed E-state index contributed by atoms with van der Waals surface area (Å²) in [5.41, 5.74) is 7.97. The number of aromatic nitrogens is 4. The number of nitrogens with two attached hydrogens (primary N) is 1. The summed E-state index contributed by atoms with van der Waals surface area (Å²) in [6.07, 6.45) is 6.94. The SMILES string of the molecule is C/C(Cl)=C/Cn1c(N2CCC[C@H](N)C2)c(C#N)c2ncn(Cc3nccc4ccccc34)c(=O)c21. The lowest BCUT2D eigenvalue weighted by atomic mass is 10.1. The van der Waals surface area contributed by atoms with Gasteiger partial charge in [0.05, 0.1) is 18.6 Å². The fourth-order valence-corrected chi connectivity index (χ4v) is 4.93. The summed E-state index contributed by atoms with van der Waals surface area (Å²) in [4.78, 5) is 25.1. The van der Waals surface area contributed by atoms with Crippen LogP contribution in [0.15, 0.2) is 58.8 Å². The average molecular weight is 488 g/mol. The molecule has 2 N–H and O–H groups in total. The first kappa shape index (κ1) is 23.1. The molecule has 0 bridgehead atoms. The second-order valence-corrected chi connectivity index (χ2v) is 9.51. The Hall–Kier alpha value is -3.67. The van der Waals surface area contributed by atoms with E-state index >= 15 is 0 Å². The molecule has 1 atom stereocenters. The van der Waals surface area contributed by atoms with Crippen LogP contribution in [0.4, 0.5) is 5.82 Å². The number of benzene rings is 1. The van der Waals surface area contributed by atoms with E-state index in [2.05, 4.69) is 20.9 Å². The Morgan fingerprint density at radius 2 is 2.14 bits per heavy atom. The van der Waals surface area contributed by atoms with Crippen molar-refractivity contribution < 1.29 is 0 Å². The third kappa shape index (κ3) is 4.29. The molecule has 4 aromatic rings. The number of fused-ring (bicyclic) bond motifs is 2. The number of nitriles is 1. The van der Waals surface area contributed by atoms with Crippen LogP contribution in [-0.2, 0) is 13.1 Å². The van der Waals surface area contributed by atoms with Gasteiger partial charge < -0.3 is 15.2 Å². The van der Waals surface area contributed by atoms with E-state index < -0.39 is 0 Å². The zero-order valence-corrected chi connectivity index (χ0v) is 20.2. The summed E-state index contributed by atoms with van der Waals surface area (Å²) in [6.45, 7) is 3.78. The monoisotopic (exact) mass is 487 g/mol. The summed E-state index contributed by atoms with van der Waals surface area (Å²) >= 11 is 6.16. The number of hydrogen-bond donors (Lipinski definition) is 1. The maximum absolute atomic E-state index is 13.8. The minimum atomic E-state index is -0.227. The molecule has 1 aliphatic rings. The van der Waals surface area contributed by atoms with Gasteiger partial charge in [0.15, 0.2) is 0 Å². The van der Waals surface area contributed by atoms with Crippen LogP contribution in [0.5, 0.6) is 0 Å². The zero-order chi connectivity index (χ0) is 24.5. The molecule has 5 rings (SSSR count). The molecule has 3 aromatic heterocycles. The highest BCUT2D eigenvalue weighted by molar-refractivity contribution is 6.29. The summed E-state index contributed by atoms with van der Waals surface area (Å²) in [5, 5.41) is 12.7. The molecule has 0 saturated carbocycles. The molecule has 1 aromatic carbocycles. The third-order valence-corrected chi connectivity index (χ3v) is 6.65. The fraction of sp³-hybridized carbons (Fsp3) is 0.308. The minimum absolute atomic E-state index is 0.00844. The molecular weight excluding hydrogens is 462 g/mol. The van der Waals surface area contributed by atoms with Gasteiger partial charge in [-0.2, -0.15) is 5.26 Å². The number of pyridine rings is 1. The van der Waals surface area contributed by atoms with Crippen molar-refractivity contribution in [3.05, 3.63) is 75.6 Å². The number of allylic oxidation sites excluding steroid dienone is 2. The van der Waals surface area contributed by atoms with E-state index in [1.165, 1.54) is 6.33 Å². The molecule has 0 spiro atoms. The van der Waals surface area contributed by atoms with Gasteiger partial charge >= 0.3 is 0 Å². The highest BCUT2D eigenvalue weighted by Gasteiger charge is 2.28. The molecule has 8 nitrogen and oxygen atoms in total. The van der Waals surface area contributed by atoms with Gasteiger partial charge in [-0.05, 0) is 31.2 Å². The predicted molar refractivity (Wildman–Crippen MR) is 139 cm³/mol. The van der Waals surface area contributed by atoms with E-state index in [0.29, 0.717) is 40.5 Å². The summed E-state index contributed by atoms with van der Waals surface area (Å²) in [6, 6.07) is 12.2. The van der Waals surface area contributed by atoms with Gasteiger partial charge in [0.2, 0.25) is 0 Å². The predicted octanol–water partition coefficient (Wildman–Crippen LogP) is 3.74. The van der Waals surface area contributed by atoms with Crippen LogP contribution in [0.25, 0.3) is 21.8 Å². The van der Waals surface area contributed by atoms with E-state index in [9.17, 15) is 10.1 Å². The zero-order valence-electron chi connectivity index (χ0n) is 19.5. The van der Waals surface area contributed by atoms with Crippen molar-refractivity contribution in [1.29, 1.82) is 5.26 Å². The Balaban J connectivity index is 1.70. The van der Waals surface area contributed by atoms with Gasteiger partial charge in [-0.25, -0.2) is 4.98 Å². The molecule has 4 heterocycles. The van der Waals surface area contributed by atoms with Crippen molar-refractivity contribution in [3.63, 3.8) is 0 Å². The van der Waals surface area contributed by atoms with Crippen molar-refractivity contribution in [2.45, 2.75) is 38.9 Å². The second kappa shape index (κ2) is 9.53. The lowest BCUT2D eigenvalue weighted by Gasteiger charge is -2.33. The van der Waals surface area contributed by atoms with E-state index in [1.807, 2.05) is 41.0 Å². The van der Waals surface area contributed by atoms with Gasteiger partial charge in [0.25, 0.3) is 5.56 Å². The second-order valence-electron chi connectivity index (χ2n) is 8.91. The Labute approximate surface area is 207 Å². The first-order valence-corrected chi connectivity index (χ1v) is 12.0. The largest absolute Gasteiger partial charge is 0.355 e. The van der Waals surface area contributed by atoms with Crippen molar-refractivity contribution in [1.82, 2.24) is 19.1 Å². The van der Waals surface area contributed by atoms with Crippen LogP contribution < -0.4 is 16.2 Å². The van der Waals surface area contributed by atoms with Crippen LogP contribution in [0.2, 0.25) is 0 Å². The van der Waals surface area contributed by atoms with Crippen LogP contribution in [0, 0.1) is 11.3 Å². The molecule has 9 heteroatoms. The lowest BCUT2D eigenvalue weighted by molar-refractivity contribution is 0.499. The fourth-order valence-electron chi connectivity index (χ4n) is 4.86. The molecule has 0 aliphatic carbocycles. The number of hydrogen-bond acceptors (Lipinski definition) is 6. The highest BCUT2D eigenvalue weighted by Crippen LogP contribution is 2.32. The van der Waals surface area contributed by atoms with Crippen LogP contribution in [-0.4, -0.2) is 38.2 Å². The summed E-state index contributed by atoms with van der Waals surface area (Å²) < 4.78 is 3.41. The van der Waals surface area contributed by atoms with Gasteiger partial charge in [0, 0.05) is 42.3 Å². The van der Waals surface area contributed by atoms with E-state index in [-0.39, 0.29) is 18.1 Å². The molecule has 178 valence electrons. The molecule has 1 aliphatic heterocycles. The average Bonchev–Trinajstić information content (AvgIpc) is 3.18. The van der Waals surface area contributed by atoms with E-state index in [1.54, 1.807) is 17.7 Å². The molecular formula is C26H26ClN7O. The first-order chi connectivity index (χ1) is 17.0. The molecule has 1 saturated heterocycles. The maximum Gasteiger partial charge on any atom is 0.278 e. The third-order valence-electron chi connectivity index (χ3n) is 6.50. The lowest BCUT2D eigenvalue weighted by Crippen LogP contribution is -2.44. The highest BCUT2D eigenvalue weighted by atomic mass is 35.5. The normalized spacial score (nSPS) is 16.7. The Kier molecular flexibility index (Phi) is 6.29. The van der Waals surface area contributed by atoms with Gasteiger partial charge in [-0.15, -0.1) is 0 Å². The van der Waals surface area contributed by atoms with Crippen LogP contribution in [0.1, 0.15) is 31.0 Å². The first-order valence-electron chi connectivity index (χ1n) is 11.6. The van der Waals surface area contributed by atoms with Crippen molar-refractivity contribution in [2.24, 2.45) is 5.73 Å². The quantitative estimate of drug-likeness (QED) is 0.459.